The molecule has 0 bridgehead atoms. The second-order valence-corrected chi connectivity index (χ2v) is 5.74. The third-order valence-corrected chi connectivity index (χ3v) is 4.03. The number of nitrogens with zero attached hydrogens (tertiary/aromatic N) is 3. The number of hydrogen-bond acceptors (Lipinski definition) is 5. The first-order chi connectivity index (χ1) is 8.93. The van der Waals surface area contributed by atoms with Crippen molar-refractivity contribution >= 4 is 5.96 Å². The molecular formula is C14H30N4O. The van der Waals surface area contributed by atoms with Crippen molar-refractivity contribution in [3.8, 4) is 0 Å². The van der Waals surface area contributed by atoms with Gasteiger partial charge in [-0.05, 0) is 33.4 Å². The van der Waals surface area contributed by atoms with Gasteiger partial charge in [0.05, 0.1) is 18.2 Å². The molecule has 0 aromatic heterocycles. The van der Waals surface area contributed by atoms with Crippen LogP contribution in [0, 0.1) is 0 Å². The number of hydrogen-bond donors (Lipinski definition) is 1. The summed E-state index contributed by atoms with van der Waals surface area (Å²) in [5.41, 5.74) is 5.89. The highest BCUT2D eigenvalue weighted by Crippen LogP contribution is 2.22. The Kier molecular flexibility index (Phi) is 6.07. The first-order valence-electron chi connectivity index (χ1n) is 7.27. The monoisotopic (exact) mass is 270 g/mol. The number of methoxy groups -OCH3 is 1. The minimum atomic E-state index is -0.127. The van der Waals surface area contributed by atoms with Crippen LogP contribution < -0.4 is 5.73 Å². The van der Waals surface area contributed by atoms with E-state index >= 15 is 0 Å². The highest BCUT2D eigenvalue weighted by Gasteiger charge is 2.31. The van der Waals surface area contributed by atoms with Gasteiger partial charge in [-0.3, -0.25) is 4.99 Å². The Morgan fingerprint density at radius 3 is 2.58 bits per heavy atom. The van der Waals surface area contributed by atoms with Crippen molar-refractivity contribution in [1.29, 1.82) is 0 Å². The number of likely N-dealkylation sites (N-methyl/N-ethyl adjacent to an activating group) is 1. The maximum Gasteiger partial charge on any atom is 0.191 e. The highest BCUT2D eigenvalue weighted by atomic mass is 16.5. The summed E-state index contributed by atoms with van der Waals surface area (Å²) in [6.45, 7) is 13.5. The molecule has 0 aromatic rings. The van der Waals surface area contributed by atoms with Crippen LogP contribution in [-0.2, 0) is 4.74 Å². The molecule has 5 nitrogen and oxygen atoms in total. The Labute approximate surface area is 117 Å². The predicted octanol–water partition coefficient (Wildman–Crippen LogP) is 1.14. The Morgan fingerprint density at radius 1 is 1.42 bits per heavy atom. The van der Waals surface area contributed by atoms with Crippen LogP contribution in [0.2, 0.25) is 0 Å². The average molecular weight is 270 g/mol. The summed E-state index contributed by atoms with van der Waals surface area (Å²) in [6.07, 6.45) is 0.950. The van der Waals surface area contributed by atoms with Gasteiger partial charge in [0.1, 0.15) is 0 Å². The van der Waals surface area contributed by atoms with Crippen LogP contribution in [0.3, 0.4) is 0 Å². The van der Waals surface area contributed by atoms with Gasteiger partial charge in [-0.1, -0.05) is 13.8 Å². The maximum atomic E-state index is 6.02. The van der Waals surface area contributed by atoms with E-state index in [2.05, 4.69) is 42.5 Å². The highest BCUT2D eigenvalue weighted by molar-refractivity contribution is 5.80. The van der Waals surface area contributed by atoms with E-state index in [1.807, 2.05) is 0 Å². The van der Waals surface area contributed by atoms with Gasteiger partial charge in [0.15, 0.2) is 5.96 Å². The molecule has 112 valence electrons. The number of rotatable bonds is 8. The summed E-state index contributed by atoms with van der Waals surface area (Å²) in [6, 6.07) is 0.366. The van der Waals surface area contributed by atoms with Crippen molar-refractivity contribution in [2.45, 2.75) is 45.8 Å². The maximum absolute atomic E-state index is 6.02. The van der Waals surface area contributed by atoms with Crippen LogP contribution >= 0.6 is 0 Å². The molecule has 0 radical (unpaired) electrons. The summed E-state index contributed by atoms with van der Waals surface area (Å²) in [4.78, 5) is 9.04. The Morgan fingerprint density at radius 2 is 2.05 bits per heavy atom. The summed E-state index contributed by atoms with van der Waals surface area (Å²) in [7, 11) is 1.76. The first kappa shape index (κ1) is 16.2. The van der Waals surface area contributed by atoms with E-state index in [0.29, 0.717) is 12.0 Å². The van der Waals surface area contributed by atoms with Crippen LogP contribution in [-0.4, -0.2) is 67.2 Å². The van der Waals surface area contributed by atoms with E-state index in [9.17, 15) is 0 Å². The fourth-order valence-corrected chi connectivity index (χ4v) is 2.49. The molecule has 0 saturated carbocycles. The van der Waals surface area contributed by atoms with Crippen LogP contribution in [0.4, 0.5) is 0 Å². The molecule has 1 rings (SSSR count). The van der Waals surface area contributed by atoms with E-state index in [0.717, 1.165) is 39.1 Å². The molecule has 0 amide bonds. The Bertz CT molecular complexity index is 300. The molecule has 1 heterocycles. The van der Waals surface area contributed by atoms with Crippen molar-refractivity contribution in [3.05, 3.63) is 0 Å². The van der Waals surface area contributed by atoms with Gasteiger partial charge < -0.3 is 20.3 Å². The van der Waals surface area contributed by atoms with Crippen LogP contribution in [0.25, 0.3) is 0 Å². The summed E-state index contributed by atoms with van der Waals surface area (Å²) < 4.78 is 5.52. The fourth-order valence-electron chi connectivity index (χ4n) is 2.49. The summed E-state index contributed by atoms with van der Waals surface area (Å²) >= 11 is 0. The lowest BCUT2D eigenvalue weighted by Crippen LogP contribution is -2.47. The van der Waals surface area contributed by atoms with E-state index in [4.69, 9.17) is 10.5 Å². The standard InChI is InChI=1S/C14H30N4O/c1-6-17(7-2)8-9-18-12(11-16-13(18)15)10-14(3,4)19-5/h12H,6-11H2,1-5H3,(H2,15,16). The molecule has 1 aliphatic heterocycles. The molecule has 1 aliphatic rings. The van der Waals surface area contributed by atoms with Gasteiger partial charge in [-0.25, -0.2) is 0 Å². The second-order valence-electron chi connectivity index (χ2n) is 5.74. The van der Waals surface area contributed by atoms with Crippen molar-refractivity contribution < 1.29 is 4.74 Å². The fraction of sp³-hybridized carbons (Fsp3) is 0.929. The van der Waals surface area contributed by atoms with E-state index in [1.165, 1.54) is 0 Å². The van der Waals surface area contributed by atoms with Crippen molar-refractivity contribution in [3.63, 3.8) is 0 Å². The lowest BCUT2D eigenvalue weighted by atomic mass is 9.98. The third kappa shape index (κ3) is 4.66. The lowest BCUT2D eigenvalue weighted by Gasteiger charge is -2.33. The topological polar surface area (TPSA) is 54.1 Å². The van der Waals surface area contributed by atoms with Crippen LogP contribution in [0.5, 0.6) is 0 Å². The molecule has 0 spiro atoms. The quantitative estimate of drug-likeness (QED) is 0.719. The second kappa shape index (κ2) is 7.10. The molecule has 5 heteroatoms. The van der Waals surface area contributed by atoms with Crippen molar-refractivity contribution in [2.75, 3.05) is 39.8 Å². The third-order valence-electron chi connectivity index (χ3n) is 4.03. The van der Waals surface area contributed by atoms with Gasteiger partial charge in [-0.15, -0.1) is 0 Å². The molecular weight excluding hydrogens is 240 g/mol. The van der Waals surface area contributed by atoms with Crippen molar-refractivity contribution in [1.82, 2.24) is 9.80 Å². The average Bonchev–Trinajstić information content (AvgIpc) is 2.71. The molecule has 0 saturated heterocycles. The van der Waals surface area contributed by atoms with Gasteiger partial charge in [0.25, 0.3) is 0 Å². The van der Waals surface area contributed by atoms with E-state index in [1.54, 1.807) is 7.11 Å². The zero-order chi connectivity index (χ0) is 14.5. The van der Waals surface area contributed by atoms with Gasteiger partial charge in [0, 0.05) is 20.2 Å². The zero-order valence-electron chi connectivity index (χ0n) is 13.1. The molecule has 1 unspecified atom stereocenters. The van der Waals surface area contributed by atoms with Crippen LogP contribution in [0.15, 0.2) is 4.99 Å². The smallest absolute Gasteiger partial charge is 0.191 e. The predicted molar refractivity (Wildman–Crippen MR) is 80.5 cm³/mol. The molecule has 0 aromatic carbocycles. The number of ether oxygens (including phenoxy) is 1. The summed E-state index contributed by atoms with van der Waals surface area (Å²) in [5.74, 6) is 0.684. The lowest BCUT2D eigenvalue weighted by molar-refractivity contribution is 0.000999. The molecule has 19 heavy (non-hydrogen) atoms. The normalized spacial score (nSPS) is 20.2. The molecule has 2 N–H and O–H groups in total. The number of guanidine groups is 1. The minimum Gasteiger partial charge on any atom is -0.379 e. The molecule has 0 aliphatic carbocycles. The molecule has 1 atom stereocenters. The number of nitrogens with two attached hydrogens (primary N) is 1. The van der Waals surface area contributed by atoms with Gasteiger partial charge in [0.2, 0.25) is 0 Å². The largest absolute Gasteiger partial charge is 0.379 e. The van der Waals surface area contributed by atoms with E-state index < -0.39 is 0 Å². The minimum absolute atomic E-state index is 0.127. The first-order valence-corrected chi connectivity index (χ1v) is 7.27. The van der Waals surface area contributed by atoms with E-state index in [-0.39, 0.29) is 5.60 Å². The Hall–Kier alpha value is -0.810. The Balaban J connectivity index is 2.54. The van der Waals surface area contributed by atoms with Crippen molar-refractivity contribution in [2.24, 2.45) is 10.7 Å². The number of aliphatic imine (C=N–C) groups is 1. The van der Waals surface area contributed by atoms with Crippen LogP contribution in [0.1, 0.15) is 34.1 Å². The summed E-state index contributed by atoms with van der Waals surface area (Å²) in [5, 5.41) is 0. The van der Waals surface area contributed by atoms with Gasteiger partial charge >= 0.3 is 0 Å². The van der Waals surface area contributed by atoms with Gasteiger partial charge in [-0.2, -0.15) is 0 Å². The molecule has 0 fully saturated rings. The SMILES string of the molecule is CCN(CC)CCN1C(N)=NCC1CC(C)(C)OC. The zero-order valence-corrected chi connectivity index (χ0v) is 13.1.